The molecule has 1 aromatic carbocycles. The Morgan fingerprint density at radius 3 is 2.55 bits per heavy atom. The molecule has 0 spiro atoms. The maximum atomic E-state index is 10.9. The highest BCUT2D eigenvalue weighted by Gasteiger charge is 2.18. The monoisotopic (exact) mass is 316 g/mol. The molecule has 20 heavy (non-hydrogen) atoms. The number of nitro groups is 1. The molecule has 0 aliphatic heterocycles. The van der Waals surface area contributed by atoms with Gasteiger partial charge in [0.15, 0.2) is 0 Å². The Labute approximate surface area is 122 Å². The lowest BCUT2D eigenvalue weighted by atomic mass is 10.3. The predicted octanol–water partition coefficient (Wildman–Crippen LogP) is 2.89. The highest BCUT2D eigenvalue weighted by atomic mass is 35.5. The summed E-state index contributed by atoms with van der Waals surface area (Å²) in [6, 6.07) is 3.52. The molecular weight excluding hydrogens is 311 g/mol. The van der Waals surface area contributed by atoms with Crippen LogP contribution in [0.2, 0.25) is 10.3 Å². The minimum absolute atomic E-state index is 0.0790. The number of halogens is 2. The van der Waals surface area contributed by atoms with Crippen LogP contribution in [0.25, 0.3) is 0 Å². The lowest BCUT2D eigenvalue weighted by Gasteiger charge is -2.06. The van der Waals surface area contributed by atoms with Crippen molar-refractivity contribution in [2.24, 2.45) is 0 Å². The Kier molecular flexibility index (Phi) is 4.16. The minimum atomic E-state index is -0.619. The molecule has 1 aromatic heterocycles. The summed E-state index contributed by atoms with van der Waals surface area (Å²) in [5.41, 5.74) is -0.287. The van der Waals surface area contributed by atoms with Crippen molar-refractivity contribution in [3.8, 4) is 17.8 Å². The number of nitrogens with zero attached hydrogens (tertiary/aromatic N) is 4. The van der Waals surface area contributed by atoms with Crippen LogP contribution in [0.1, 0.15) is 0 Å². The van der Waals surface area contributed by atoms with Gasteiger partial charge in [0, 0.05) is 17.2 Å². The van der Waals surface area contributed by atoms with Crippen molar-refractivity contribution < 1.29 is 14.4 Å². The van der Waals surface area contributed by atoms with Crippen LogP contribution >= 0.6 is 23.2 Å². The largest absolute Gasteiger partial charge is 0.467 e. The lowest BCUT2D eigenvalue weighted by Crippen LogP contribution is -2.00. The topological polar surface area (TPSA) is 100 Å². The third-order valence-electron chi connectivity index (χ3n) is 2.07. The van der Waals surface area contributed by atoms with Crippen LogP contribution in [0.4, 0.5) is 5.69 Å². The van der Waals surface area contributed by atoms with Gasteiger partial charge in [0.05, 0.1) is 12.0 Å². The van der Waals surface area contributed by atoms with Crippen molar-refractivity contribution in [3.63, 3.8) is 0 Å². The standard InChI is InChI=1S/C10H6Cl2N4O4/c1-19-9-13-8(12)14-10(15-9)20-7-4-5(11)2-3-6(7)16(17)18/h2-4H,1H3. The summed E-state index contributed by atoms with van der Waals surface area (Å²) in [6.07, 6.45) is 0. The molecular formula is C10H6Cl2N4O4. The molecule has 0 saturated carbocycles. The summed E-state index contributed by atoms with van der Waals surface area (Å²) in [5.74, 6) is -0.119. The molecule has 0 bridgehead atoms. The summed E-state index contributed by atoms with van der Waals surface area (Å²) in [6.45, 7) is 0. The first-order valence-corrected chi connectivity index (χ1v) is 5.82. The second-order valence-corrected chi connectivity index (χ2v) is 4.12. The van der Waals surface area contributed by atoms with Crippen molar-refractivity contribution in [1.82, 2.24) is 15.0 Å². The molecule has 0 radical (unpaired) electrons. The van der Waals surface area contributed by atoms with Crippen LogP contribution in [0.15, 0.2) is 18.2 Å². The van der Waals surface area contributed by atoms with Crippen molar-refractivity contribution >= 4 is 28.9 Å². The number of methoxy groups -OCH3 is 1. The molecule has 0 aliphatic carbocycles. The van der Waals surface area contributed by atoms with E-state index in [9.17, 15) is 10.1 Å². The van der Waals surface area contributed by atoms with Crippen LogP contribution in [0, 0.1) is 10.1 Å². The van der Waals surface area contributed by atoms with Gasteiger partial charge < -0.3 is 9.47 Å². The number of benzene rings is 1. The van der Waals surface area contributed by atoms with E-state index in [2.05, 4.69) is 15.0 Å². The van der Waals surface area contributed by atoms with E-state index in [1.807, 2.05) is 0 Å². The molecule has 0 amide bonds. The zero-order valence-corrected chi connectivity index (χ0v) is 11.4. The number of hydrogen-bond donors (Lipinski definition) is 0. The van der Waals surface area contributed by atoms with Gasteiger partial charge in [0.1, 0.15) is 0 Å². The molecule has 2 aromatic rings. The normalized spacial score (nSPS) is 10.2. The van der Waals surface area contributed by atoms with E-state index in [0.717, 1.165) is 0 Å². The van der Waals surface area contributed by atoms with E-state index in [1.165, 1.54) is 25.3 Å². The second kappa shape index (κ2) is 5.85. The van der Waals surface area contributed by atoms with Gasteiger partial charge in [0.2, 0.25) is 11.0 Å². The van der Waals surface area contributed by atoms with Gasteiger partial charge in [-0.1, -0.05) is 11.6 Å². The molecule has 104 valence electrons. The molecule has 0 fully saturated rings. The molecule has 10 heteroatoms. The molecule has 0 aliphatic rings. The van der Waals surface area contributed by atoms with Gasteiger partial charge in [-0.25, -0.2) is 0 Å². The number of nitro benzene ring substituents is 1. The Morgan fingerprint density at radius 2 is 1.90 bits per heavy atom. The number of rotatable bonds is 4. The first-order chi connectivity index (χ1) is 9.49. The summed E-state index contributed by atoms with van der Waals surface area (Å²) < 4.78 is 10.0. The minimum Gasteiger partial charge on any atom is -0.467 e. The van der Waals surface area contributed by atoms with E-state index in [-0.39, 0.29) is 33.8 Å². The van der Waals surface area contributed by atoms with Gasteiger partial charge >= 0.3 is 17.7 Å². The molecule has 1 heterocycles. The van der Waals surface area contributed by atoms with Crippen LogP contribution in [-0.4, -0.2) is 27.0 Å². The number of ether oxygens (including phenoxy) is 2. The van der Waals surface area contributed by atoms with Gasteiger partial charge in [-0.05, 0) is 17.7 Å². The van der Waals surface area contributed by atoms with Gasteiger partial charge in [-0.3, -0.25) is 10.1 Å². The fourth-order valence-corrected chi connectivity index (χ4v) is 1.58. The maximum absolute atomic E-state index is 10.9. The molecule has 2 rings (SSSR count). The fourth-order valence-electron chi connectivity index (χ4n) is 1.27. The summed E-state index contributed by atoms with van der Waals surface area (Å²) in [5, 5.41) is 11.0. The molecule has 0 N–H and O–H groups in total. The predicted molar refractivity (Wildman–Crippen MR) is 69.6 cm³/mol. The Balaban J connectivity index is 2.41. The highest BCUT2D eigenvalue weighted by Crippen LogP contribution is 2.32. The second-order valence-electron chi connectivity index (χ2n) is 3.34. The Hall–Kier alpha value is -2.19. The van der Waals surface area contributed by atoms with Crippen LogP contribution in [0.5, 0.6) is 17.8 Å². The van der Waals surface area contributed by atoms with E-state index in [4.69, 9.17) is 32.7 Å². The van der Waals surface area contributed by atoms with Crippen LogP contribution in [-0.2, 0) is 0 Å². The third kappa shape index (κ3) is 3.22. The SMILES string of the molecule is COc1nc(Cl)nc(Oc2cc(Cl)ccc2[N+](=O)[O-])n1. The number of aromatic nitrogens is 3. The quantitative estimate of drug-likeness (QED) is 0.631. The highest BCUT2D eigenvalue weighted by molar-refractivity contribution is 6.30. The zero-order valence-electron chi connectivity index (χ0n) is 9.91. The smallest absolute Gasteiger partial charge is 0.329 e. The summed E-state index contributed by atoms with van der Waals surface area (Å²) >= 11 is 11.4. The Morgan fingerprint density at radius 1 is 1.20 bits per heavy atom. The average molecular weight is 317 g/mol. The summed E-state index contributed by atoms with van der Waals surface area (Å²) in [4.78, 5) is 21.4. The van der Waals surface area contributed by atoms with Crippen LogP contribution in [0.3, 0.4) is 0 Å². The molecule has 0 unspecified atom stereocenters. The van der Waals surface area contributed by atoms with Crippen molar-refractivity contribution in [3.05, 3.63) is 38.6 Å². The maximum Gasteiger partial charge on any atom is 0.329 e. The molecule has 8 nitrogen and oxygen atoms in total. The zero-order chi connectivity index (χ0) is 14.7. The van der Waals surface area contributed by atoms with Crippen LogP contribution < -0.4 is 9.47 Å². The average Bonchev–Trinajstić information content (AvgIpc) is 2.37. The first-order valence-electron chi connectivity index (χ1n) is 5.07. The fraction of sp³-hybridized carbons (Fsp3) is 0.100. The summed E-state index contributed by atoms with van der Waals surface area (Å²) in [7, 11) is 1.33. The van der Waals surface area contributed by atoms with Gasteiger partial charge in [-0.15, -0.1) is 4.98 Å². The van der Waals surface area contributed by atoms with E-state index in [0.29, 0.717) is 0 Å². The first kappa shape index (κ1) is 14.2. The van der Waals surface area contributed by atoms with E-state index in [1.54, 1.807) is 0 Å². The molecule has 0 saturated heterocycles. The third-order valence-corrected chi connectivity index (χ3v) is 2.47. The van der Waals surface area contributed by atoms with Gasteiger partial charge in [0.25, 0.3) is 0 Å². The van der Waals surface area contributed by atoms with E-state index < -0.39 is 4.92 Å². The van der Waals surface area contributed by atoms with E-state index >= 15 is 0 Å². The Bertz CT molecular complexity index is 668. The van der Waals surface area contributed by atoms with Crippen molar-refractivity contribution in [1.29, 1.82) is 0 Å². The van der Waals surface area contributed by atoms with Gasteiger partial charge in [-0.2, -0.15) is 9.97 Å². The van der Waals surface area contributed by atoms with Crippen molar-refractivity contribution in [2.75, 3.05) is 7.11 Å². The number of hydrogen-bond acceptors (Lipinski definition) is 7. The lowest BCUT2D eigenvalue weighted by molar-refractivity contribution is -0.385. The molecule has 0 atom stereocenters. The van der Waals surface area contributed by atoms with Crippen molar-refractivity contribution in [2.45, 2.75) is 0 Å².